The van der Waals surface area contributed by atoms with E-state index in [1.165, 1.54) is 5.56 Å². The molecule has 2 aromatic rings. The van der Waals surface area contributed by atoms with Gasteiger partial charge in [0, 0.05) is 10.2 Å². The van der Waals surface area contributed by atoms with Gasteiger partial charge >= 0.3 is 0 Å². The van der Waals surface area contributed by atoms with Crippen LogP contribution in [0.3, 0.4) is 0 Å². The summed E-state index contributed by atoms with van der Waals surface area (Å²) >= 11 is 3.41. The molecule has 1 amide bonds. The molecule has 0 saturated carbocycles. The zero-order valence-corrected chi connectivity index (χ0v) is 12.6. The van der Waals surface area contributed by atoms with Crippen molar-refractivity contribution in [2.24, 2.45) is 5.73 Å². The second-order valence-corrected chi connectivity index (χ2v) is 5.55. The van der Waals surface area contributed by atoms with E-state index >= 15 is 0 Å². The Morgan fingerprint density at radius 2 is 1.90 bits per heavy atom. The van der Waals surface area contributed by atoms with Gasteiger partial charge in [0.15, 0.2) is 0 Å². The normalized spacial score (nSPS) is 11.8. The van der Waals surface area contributed by atoms with E-state index in [1.807, 2.05) is 42.5 Å². The van der Waals surface area contributed by atoms with Crippen molar-refractivity contribution in [3.63, 3.8) is 0 Å². The topological polar surface area (TPSA) is 55.1 Å². The standard InChI is InChI=1S/C16H17BrN2O/c17-13-7-4-8-14(11-13)19-15(16(18)20)10-9-12-5-2-1-3-6-12/h1-8,11,15,19H,9-10H2,(H2,18,20). The second-order valence-electron chi connectivity index (χ2n) is 4.63. The number of halogens is 1. The van der Waals surface area contributed by atoms with Crippen LogP contribution in [0.5, 0.6) is 0 Å². The molecule has 0 fully saturated rings. The summed E-state index contributed by atoms with van der Waals surface area (Å²) in [6.07, 6.45) is 1.49. The van der Waals surface area contributed by atoms with Crippen molar-refractivity contribution in [3.05, 3.63) is 64.6 Å². The molecule has 2 aromatic carbocycles. The zero-order valence-electron chi connectivity index (χ0n) is 11.1. The second kappa shape index (κ2) is 7.10. The van der Waals surface area contributed by atoms with Crippen LogP contribution in [-0.4, -0.2) is 11.9 Å². The van der Waals surface area contributed by atoms with Crippen molar-refractivity contribution in [3.8, 4) is 0 Å². The molecule has 0 saturated heterocycles. The van der Waals surface area contributed by atoms with E-state index in [0.717, 1.165) is 16.6 Å². The number of rotatable bonds is 6. The molecular weight excluding hydrogens is 316 g/mol. The van der Waals surface area contributed by atoms with Crippen LogP contribution in [0, 0.1) is 0 Å². The molecule has 0 heterocycles. The van der Waals surface area contributed by atoms with E-state index in [4.69, 9.17) is 5.73 Å². The highest BCUT2D eigenvalue weighted by Crippen LogP contribution is 2.17. The molecule has 1 unspecified atom stereocenters. The first-order valence-corrected chi connectivity index (χ1v) is 7.30. The van der Waals surface area contributed by atoms with Gasteiger partial charge in [-0.1, -0.05) is 52.3 Å². The van der Waals surface area contributed by atoms with Gasteiger partial charge in [-0.05, 0) is 36.6 Å². The van der Waals surface area contributed by atoms with Crippen LogP contribution in [0.1, 0.15) is 12.0 Å². The van der Waals surface area contributed by atoms with Crippen molar-refractivity contribution in [2.75, 3.05) is 5.32 Å². The fourth-order valence-electron chi connectivity index (χ4n) is 2.02. The van der Waals surface area contributed by atoms with Gasteiger partial charge in [0.25, 0.3) is 0 Å². The van der Waals surface area contributed by atoms with Gasteiger partial charge in [0.2, 0.25) is 5.91 Å². The van der Waals surface area contributed by atoms with Gasteiger partial charge in [-0.3, -0.25) is 4.79 Å². The minimum atomic E-state index is -0.371. The minimum Gasteiger partial charge on any atom is -0.374 e. The quantitative estimate of drug-likeness (QED) is 0.852. The van der Waals surface area contributed by atoms with E-state index in [2.05, 4.69) is 33.4 Å². The van der Waals surface area contributed by atoms with Crippen molar-refractivity contribution < 1.29 is 4.79 Å². The van der Waals surface area contributed by atoms with Crippen LogP contribution in [0.4, 0.5) is 5.69 Å². The van der Waals surface area contributed by atoms with Gasteiger partial charge in [0.1, 0.15) is 6.04 Å². The minimum absolute atomic E-state index is 0.332. The number of hydrogen-bond donors (Lipinski definition) is 2. The van der Waals surface area contributed by atoms with Crippen LogP contribution in [0.25, 0.3) is 0 Å². The lowest BCUT2D eigenvalue weighted by Gasteiger charge is -2.17. The molecule has 2 rings (SSSR count). The van der Waals surface area contributed by atoms with E-state index in [1.54, 1.807) is 0 Å². The summed E-state index contributed by atoms with van der Waals surface area (Å²) in [5.41, 5.74) is 7.56. The molecule has 3 nitrogen and oxygen atoms in total. The number of amides is 1. The Kier molecular flexibility index (Phi) is 5.18. The average Bonchev–Trinajstić information content (AvgIpc) is 2.44. The lowest BCUT2D eigenvalue weighted by Crippen LogP contribution is -2.35. The van der Waals surface area contributed by atoms with Crippen LogP contribution in [0.15, 0.2) is 59.1 Å². The van der Waals surface area contributed by atoms with Crippen molar-refractivity contribution in [2.45, 2.75) is 18.9 Å². The summed E-state index contributed by atoms with van der Waals surface area (Å²) in [5.74, 6) is -0.332. The van der Waals surface area contributed by atoms with Crippen LogP contribution >= 0.6 is 15.9 Å². The first kappa shape index (κ1) is 14.6. The lowest BCUT2D eigenvalue weighted by molar-refractivity contribution is -0.118. The molecular formula is C16H17BrN2O. The van der Waals surface area contributed by atoms with Crippen molar-refractivity contribution in [1.29, 1.82) is 0 Å². The maximum absolute atomic E-state index is 11.6. The summed E-state index contributed by atoms with van der Waals surface area (Å²) in [6.45, 7) is 0. The number of aryl methyl sites for hydroxylation is 1. The molecule has 0 aromatic heterocycles. The highest BCUT2D eigenvalue weighted by atomic mass is 79.9. The number of carbonyl (C=O) groups excluding carboxylic acids is 1. The molecule has 1 atom stereocenters. The van der Waals surface area contributed by atoms with Crippen LogP contribution in [-0.2, 0) is 11.2 Å². The van der Waals surface area contributed by atoms with Gasteiger partial charge in [-0.15, -0.1) is 0 Å². The highest BCUT2D eigenvalue weighted by molar-refractivity contribution is 9.10. The molecule has 0 spiro atoms. The Morgan fingerprint density at radius 1 is 1.15 bits per heavy atom. The third-order valence-electron chi connectivity index (χ3n) is 3.07. The van der Waals surface area contributed by atoms with E-state index in [9.17, 15) is 4.79 Å². The summed E-state index contributed by atoms with van der Waals surface area (Å²) in [4.78, 5) is 11.6. The maximum atomic E-state index is 11.6. The number of benzene rings is 2. The highest BCUT2D eigenvalue weighted by Gasteiger charge is 2.15. The lowest BCUT2D eigenvalue weighted by atomic mass is 10.0. The SMILES string of the molecule is NC(=O)C(CCc1ccccc1)Nc1cccc(Br)c1. The first-order valence-electron chi connectivity index (χ1n) is 6.50. The summed E-state index contributed by atoms with van der Waals surface area (Å²) in [5, 5.41) is 3.18. The number of anilines is 1. The van der Waals surface area contributed by atoms with Gasteiger partial charge in [0.05, 0.1) is 0 Å². The zero-order chi connectivity index (χ0) is 14.4. The largest absolute Gasteiger partial charge is 0.374 e. The Labute approximate surface area is 127 Å². The monoisotopic (exact) mass is 332 g/mol. The van der Waals surface area contributed by atoms with Crippen LogP contribution < -0.4 is 11.1 Å². The van der Waals surface area contributed by atoms with Gasteiger partial charge in [-0.25, -0.2) is 0 Å². The predicted molar refractivity (Wildman–Crippen MR) is 85.5 cm³/mol. The molecule has 0 aliphatic heterocycles. The van der Waals surface area contributed by atoms with Crippen molar-refractivity contribution >= 4 is 27.5 Å². The molecule has 0 aliphatic carbocycles. The molecule has 0 radical (unpaired) electrons. The number of nitrogens with two attached hydrogens (primary N) is 1. The molecule has 0 bridgehead atoms. The van der Waals surface area contributed by atoms with Gasteiger partial charge < -0.3 is 11.1 Å². The molecule has 4 heteroatoms. The summed E-state index contributed by atoms with van der Waals surface area (Å²) < 4.78 is 0.966. The first-order chi connectivity index (χ1) is 9.65. The third kappa shape index (κ3) is 4.38. The molecule has 0 aliphatic rings. The third-order valence-corrected chi connectivity index (χ3v) is 3.57. The molecule has 20 heavy (non-hydrogen) atoms. The summed E-state index contributed by atoms with van der Waals surface area (Å²) in [7, 11) is 0. The fraction of sp³-hybridized carbons (Fsp3) is 0.188. The number of carbonyl (C=O) groups is 1. The number of nitrogens with one attached hydrogen (secondary N) is 1. The Balaban J connectivity index is 1.99. The molecule has 3 N–H and O–H groups in total. The number of primary amides is 1. The predicted octanol–water partition coefficient (Wildman–Crippen LogP) is 3.35. The van der Waals surface area contributed by atoms with Gasteiger partial charge in [-0.2, -0.15) is 0 Å². The maximum Gasteiger partial charge on any atom is 0.239 e. The molecule has 104 valence electrons. The van der Waals surface area contributed by atoms with E-state index < -0.39 is 0 Å². The Hall–Kier alpha value is -1.81. The summed E-state index contributed by atoms with van der Waals surface area (Å²) in [6, 6.07) is 17.4. The number of hydrogen-bond acceptors (Lipinski definition) is 2. The Morgan fingerprint density at radius 3 is 2.55 bits per heavy atom. The Bertz CT molecular complexity index is 572. The van der Waals surface area contributed by atoms with E-state index in [-0.39, 0.29) is 11.9 Å². The van der Waals surface area contributed by atoms with Crippen molar-refractivity contribution in [1.82, 2.24) is 0 Å². The fourth-order valence-corrected chi connectivity index (χ4v) is 2.42. The van der Waals surface area contributed by atoms with E-state index in [0.29, 0.717) is 6.42 Å². The smallest absolute Gasteiger partial charge is 0.239 e. The van der Waals surface area contributed by atoms with Crippen LogP contribution in [0.2, 0.25) is 0 Å². The average molecular weight is 333 g/mol.